The Morgan fingerprint density at radius 3 is 2.29 bits per heavy atom. The molecular formula is C18H37N3. The Kier molecular flexibility index (Phi) is 6.97. The highest BCUT2D eigenvalue weighted by atomic mass is 15.2. The van der Waals surface area contributed by atoms with Gasteiger partial charge >= 0.3 is 0 Å². The summed E-state index contributed by atoms with van der Waals surface area (Å²) in [6, 6.07) is 1.50. The molecule has 124 valence electrons. The van der Waals surface area contributed by atoms with Gasteiger partial charge in [-0.2, -0.15) is 0 Å². The maximum Gasteiger partial charge on any atom is 0.0148 e. The van der Waals surface area contributed by atoms with Crippen LogP contribution in [-0.2, 0) is 0 Å². The van der Waals surface area contributed by atoms with E-state index in [9.17, 15) is 0 Å². The molecule has 0 aromatic carbocycles. The molecule has 21 heavy (non-hydrogen) atoms. The Labute approximate surface area is 132 Å². The lowest BCUT2D eigenvalue weighted by molar-refractivity contribution is 0.0289. The average molecular weight is 296 g/mol. The number of likely N-dealkylation sites (N-methyl/N-ethyl adjacent to an activating group) is 1. The molecular weight excluding hydrogens is 258 g/mol. The molecule has 3 nitrogen and oxygen atoms in total. The summed E-state index contributed by atoms with van der Waals surface area (Å²) in [6.07, 6.45) is 5.59. The molecule has 2 rings (SSSR count). The Bertz CT molecular complexity index is 278. The first-order valence-corrected chi connectivity index (χ1v) is 9.35. The zero-order valence-electron chi connectivity index (χ0n) is 14.8. The molecule has 3 heteroatoms. The van der Waals surface area contributed by atoms with Crippen LogP contribution in [0.4, 0.5) is 0 Å². The quantitative estimate of drug-likeness (QED) is 0.743. The van der Waals surface area contributed by atoms with E-state index in [-0.39, 0.29) is 0 Å². The van der Waals surface area contributed by atoms with Gasteiger partial charge in [-0.1, -0.05) is 20.3 Å². The van der Waals surface area contributed by atoms with Crippen LogP contribution < -0.4 is 5.32 Å². The molecule has 1 aliphatic carbocycles. The maximum atomic E-state index is 3.94. The minimum absolute atomic E-state index is 0.717. The third-order valence-corrected chi connectivity index (χ3v) is 5.63. The van der Waals surface area contributed by atoms with Crippen molar-refractivity contribution < 1.29 is 0 Å². The number of fused-ring (bicyclic) bond motifs is 2. The standard InChI is InChI=1S/C18H37N3/c1-5-11-20(6-2)12-10-19-18-16-8-7-9-17(18)14-21(13-16)15(3)4/h15-19H,5-14H2,1-4H3. The molecule has 0 aromatic rings. The fourth-order valence-electron chi connectivity index (χ4n) is 4.36. The zero-order valence-corrected chi connectivity index (χ0v) is 14.8. The molecule has 0 amide bonds. The Morgan fingerprint density at radius 1 is 1.10 bits per heavy atom. The van der Waals surface area contributed by atoms with E-state index in [0.717, 1.165) is 17.9 Å². The monoisotopic (exact) mass is 295 g/mol. The van der Waals surface area contributed by atoms with Crippen molar-refractivity contribution in [3.05, 3.63) is 0 Å². The summed E-state index contributed by atoms with van der Waals surface area (Å²) in [5.41, 5.74) is 0. The van der Waals surface area contributed by atoms with Gasteiger partial charge < -0.3 is 15.1 Å². The maximum absolute atomic E-state index is 3.94. The molecule has 2 fully saturated rings. The lowest BCUT2D eigenvalue weighted by atomic mass is 9.73. The third kappa shape index (κ3) is 4.67. The van der Waals surface area contributed by atoms with Gasteiger partial charge in [0.15, 0.2) is 0 Å². The summed E-state index contributed by atoms with van der Waals surface area (Å²) in [6.45, 7) is 16.7. The topological polar surface area (TPSA) is 18.5 Å². The number of nitrogens with one attached hydrogen (secondary N) is 1. The van der Waals surface area contributed by atoms with Gasteiger partial charge in [0, 0.05) is 38.3 Å². The fraction of sp³-hybridized carbons (Fsp3) is 1.00. The molecule has 0 spiro atoms. The SMILES string of the molecule is CCCN(CC)CCNC1C2CCCC1CN(C(C)C)C2. The van der Waals surface area contributed by atoms with Gasteiger partial charge in [-0.25, -0.2) is 0 Å². The van der Waals surface area contributed by atoms with Crippen LogP contribution in [0, 0.1) is 11.8 Å². The predicted molar refractivity (Wildman–Crippen MR) is 91.7 cm³/mol. The van der Waals surface area contributed by atoms with Crippen LogP contribution in [-0.4, -0.2) is 61.2 Å². The normalized spacial score (nSPS) is 30.3. The highest BCUT2D eigenvalue weighted by molar-refractivity contribution is 4.95. The molecule has 1 saturated carbocycles. The number of hydrogen-bond donors (Lipinski definition) is 1. The van der Waals surface area contributed by atoms with Crippen LogP contribution in [0.2, 0.25) is 0 Å². The molecule has 1 aliphatic heterocycles. The van der Waals surface area contributed by atoms with Gasteiger partial charge in [0.1, 0.15) is 0 Å². The van der Waals surface area contributed by atoms with Crippen LogP contribution in [0.3, 0.4) is 0 Å². The molecule has 2 unspecified atom stereocenters. The minimum Gasteiger partial charge on any atom is -0.312 e. The van der Waals surface area contributed by atoms with Crippen LogP contribution in [0.15, 0.2) is 0 Å². The molecule has 2 aliphatic rings. The first-order chi connectivity index (χ1) is 10.2. The van der Waals surface area contributed by atoms with Gasteiger partial charge in [0.2, 0.25) is 0 Å². The summed E-state index contributed by atoms with van der Waals surface area (Å²) in [5.74, 6) is 1.78. The van der Waals surface area contributed by atoms with Crippen molar-refractivity contribution in [1.82, 2.24) is 15.1 Å². The van der Waals surface area contributed by atoms with E-state index in [1.165, 1.54) is 65.0 Å². The van der Waals surface area contributed by atoms with Crippen molar-refractivity contribution >= 4 is 0 Å². The van der Waals surface area contributed by atoms with E-state index >= 15 is 0 Å². The Morgan fingerprint density at radius 2 is 1.76 bits per heavy atom. The number of rotatable bonds is 8. The third-order valence-electron chi connectivity index (χ3n) is 5.63. The van der Waals surface area contributed by atoms with Gasteiger partial charge in [-0.05, 0) is 58.0 Å². The zero-order chi connectivity index (χ0) is 15.2. The summed E-state index contributed by atoms with van der Waals surface area (Å²) in [4.78, 5) is 5.29. The number of nitrogens with zero attached hydrogens (tertiary/aromatic N) is 2. The van der Waals surface area contributed by atoms with Gasteiger partial charge in [0.25, 0.3) is 0 Å². The van der Waals surface area contributed by atoms with Crippen molar-refractivity contribution in [3.8, 4) is 0 Å². The second kappa shape index (κ2) is 8.50. The van der Waals surface area contributed by atoms with Crippen molar-refractivity contribution in [1.29, 1.82) is 0 Å². The second-order valence-corrected chi connectivity index (χ2v) is 7.41. The first-order valence-electron chi connectivity index (χ1n) is 9.35. The molecule has 0 aromatic heterocycles. The van der Waals surface area contributed by atoms with Crippen molar-refractivity contribution in [2.24, 2.45) is 11.8 Å². The molecule has 2 atom stereocenters. The van der Waals surface area contributed by atoms with Gasteiger partial charge in [0.05, 0.1) is 0 Å². The fourth-order valence-corrected chi connectivity index (χ4v) is 4.36. The van der Waals surface area contributed by atoms with Gasteiger partial charge in [-0.3, -0.25) is 0 Å². The molecule has 2 bridgehead atoms. The first kappa shape index (κ1) is 17.2. The molecule has 1 N–H and O–H groups in total. The van der Waals surface area contributed by atoms with E-state index in [2.05, 4.69) is 42.8 Å². The van der Waals surface area contributed by atoms with E-state index < -0.39 is 0 Å². The van der Waals surface area contributed by atoms with Gasteiger partial charge in [-0.15, -0.1) is 0 Å². The molecule has 1 heterocycles. The Hall–Kier alpha value is -0.120. The van der Waals surface area contributed by atoms with E-state index in [1.54, 1.807) is 0 Å². The number of piperidine rings is 1. The van der Waals surface area contributed by atoms with E-state index in [4.69, 9.17) is 0 Å². The van der Waals surface area contributed by atoms with Crippen LogP contribution in [0.1, 0.15) is 53.4 Å². The second-order valence-electron chi connectivity index (χ2n) is 7.41. The molecule has 0 radical (unpaired) electrons. The lowest BCUT2D eigenvalue weighted by Crippen LogP contribution is -2.58. The lowest BCUT2D eigenvalue weighted by Gasteiger charge is -2.49. The van der Waals surface area contributed by atoms with Crippen LogP contribution in [0.5, 0.6) is 0 Å². The summed E-state index contributed by atoms with van der Waals surface area (Å²) in [5, 5.41) is 3.94. The predicted octanol–water partition coefficient (Wildman–Crippen LogP) is 2.82. The summed E-state index contributed by atoms with van der Waals surface area (Å²) < 4.78 is 0. The van der Waals surface area contributed by atoms with Crippen LogP contribution in [0.25, 0.3) is 0 Å². The van der Waals surface area contributed by atoms with E-state index in [1.807, 2.05) is 0 Å². The Balaban J connectivity index is 1.80. The number of hydrogen-bond acceptors (Lipinski definition) is 3. The van der Waals surface area contributed by atoms with Crippen molar-refractivity contribution in [2.45, 2.75) is 65.5 Å². The minimum atomic E-state index is 0.717. The molecule has 1 saturated heterocycles. The van der Waals surface area contributed by atoms with Crippen molar-refractivity contribution in [3.63, 3.8) is 0 Å². The average Bonchev–Trinajstić information content (AvgIpc) is 2.45. The van der Waals surface area contributed by atoms with Crippen molar-refractivity contribution in [2.75, 3.05) is 39.3 Å². The smallest absolute Gasteiger partial charge is 0.0148 e. The largest absolute Gasteiger partial charge is 0.312 e. The summed E-state index contributed by atoms with van der Waals surface area (Å²) >= 11 is 0. The summed E-state index contributed by atoms with van der Waals surface area (Å²) in [7, 11) is 0. The van der Waals surface area contributed by atoms with E-state index in [0.29, 0.717) is 6.04 Å². The van der Waals surface area contributed by atoms with Crippen LogP contribution >= 0.6 is 0 Å². The highest BCUT2D eigenvalue weighted by Crippen LogP contribution is 2.35. The highest BCUT2D eigenvalue weighted by Gasteiger charge is 2.39. The number of likely N-dealkylation sites (tertiary alicyclic amines) is 1.